The minimum Gasteiger partial charge on any atom is -0.376 e. The SMILES string of the molecule is CN(C)c1ccccc1NS(=O)(=O)N1CCCCC1CN. The smallest absolute Gasteiger partial charge is 0.301 e. The zero-order valence-corrected chi connectivity index (χ0v) is 13.4. The highest BCUT2D eigenvalue weighted by Gasteiger charge is 2.31. The van der Waals surface area contributed by atoms with E-state index < -0.39 is 10.2 Å². The molecule has 1 aromatic carbocycles. The van der Waals surface area contributed by atoms with Crippen LogP contribution < -0.4 is 15.4 Å². The number of anilines is 2. The Morgan fingerprint density at radius 3 is 2.71 bits per heavy atom. The van der Waals surface area contributed by atoms with Crippen molar-refractivity contribution in [3.05, 3.63) is 24.3 Å². The van der Waals surface area contributed by atoms with Crippen LogP contribution in [0.5, 0.6) is 0 Å². The van der Waals surface area contributed by atoms with Gasteiger partial charge in [-0.25, -0.2) is 0 Å². The molecule has 2 rings (SSSR count). The molecular weight excluding hydrogens is 288 g/mol. The highest BCUT2D eigenvalue weighted by atomic mass is 32.2. The molecule has 1 fully saturated rings. The van der Waals surface area contributed by atoms with E-state index in [9.17, 15) is 8.42 Å². The Balaban J connectivity index is 2.25. The number of hydrogen-bond acceptors (Lipinski definition) is 4. The van der Waals surface area contributed by atoms with Gasteiger partial charge in [0.05, 0.1) is 11.4 Å². The molecule has 1 unspecified atom stereocenters. The van der Waals surface area contributed by atoms with Crippen LogP contribution >= 0.6 is 0 Å². The van der Waals surface area contributed by atoms with Crippen molar-refractivity contribution in [2.75, 3.05) is 36.8 Å². The van der Waals surface area contributed by atoms with Gasteiger partial charge in [0.2, 0.25) is 0 Å². The fourth-order valence-corrected chi connectivity index (χ4v) is 4.19. The zero-order valence-electron chi connectivity index (χ0n) is 12.6. The lowest BCUT2D eigenvalue weighted by Crippen LogP contribution is -2.49. The van der Waals surface area contributed by atoms with E-state index in [1.807, 2.05) is 37.2 Å². The second kappa shape index (κ2) is 6.64. The van der Waals surface area contributed by atoms with Gasteiger partial charge < -0.3 is 10.6 Å². The minimum atomic E-state index is -3.58. The summed E-state index contributed by atoms with van der Waals surface area (Å²) in [5, 5.41) is 0. The molecule has 1 aliphatic heterocycles. The van der Waals surface area contributed by atoms with Gasteiger partial charge in [-0.2, -0.15) is 12.7 Å². The van der Waals surface area contributed by atoms with Gasteiger partial charge in [0.1, 0.15) is 0 Å². The molecule has 6 nitrogen and oxygen atoms in total. The van der Waals surface area contributed by atoms with Crippen LogP contribution in [0.25, 0.3) is 0 Å². The van der Waals surface area contributed by atoms with E-state index in [2.05, 4.69) is 4.72 Å². The van der Waals surface area contributed by atoms with E-state index in [4.69, 9.17) is 5.73 Å². The first-order valence-corrected chi connectivity index (χ1v) is 8.65. The molecule has 0 aromatic heterocycles. The molecule has 1 aromatic rings. The average Bonchev–Trinajstić information content (AvgIpc) is 2.47. The highest BCUT2D eigenvalue weighted by molar-refractivity contribution is 7.90. The Bertz CT molecular complexity index is 574. The Morgan fingerprint density at radius 1 is 1.33 bits per heavy atom. The lowest BCUT2D eigenvalue weighted by molar-refractivity contribution is 0.259. The number of benzene rings is 1. The van der Waals surface area contributed by atoms with Gasteiger partial charge in [-0.1, -0.05) is 18.6 Å². The Labute approximate surface area is 127 Å². The topological polar surface area (TPSA) is 78.7 Å². The van der Waals surface area contributed by atoms with Gasteiger partial charge in [0, 0.05) is 33.2 Å². The molecule has 1 heterocycles. The van der Waals surface area contributed by atoms with Gasteiger partial charge in [-0.05, 0) is 25.0 Å². The maximum absolute atomic E-state index is 12.6. The van der Waals surface area contributed by atoms with Crippen molar-refractivity contribution in [3.63, 3.8) is 0 Å². The summed E-state index contributed by atoms with van der Waals surface area (Å²) in [6.07, 6.45) is 2.74. The van der Waals surface area contributed by atoms with E-state index in [0.717, 1.165) is 24.9 Å². The molecule has 118 valence electrons. The lowest BCUT2D eigenvalue weighted by Gasteiger charge is -2.34. The number of nitrogens with two attached hydrogens (primary N) is 1. The third kappa shape index (κ3) is 3.66. The molecule has 1 aliphatic rings. The van der Waals surface area contributed by atoms with E-state index in [0.29, 0.717) is 18.8 Å². The first-order valence-electron chi connectivity index (χ1n) is 7.21. The normalized spacial score (nSPS) is 20.2. The number of nitrogens with one attached hydrogen (secondary N) is 1. The molecule has 0 bridgehead atoms. The van der Waals surface area contributed by atoms with Crippen LogP contribution in [0.15, 0.2) is 24.3 Å². The molecule has 7 heteroatoms. The fourth-order valence-electron chi connectivity index (χ4n) is 2.67. The standard InChI is InChI=1S/C14H24N4O2S/c1-17(2)14-9-4-3-8-13(14)16-21(19,20)18-10-6-5-7-12(18)11-15/h3-4,8-9,12,16H,5-7,10-11,15H2,1-2H3. The lowest BCUT2D eigenvalue weighted by atomic mass is 10.1. The first-order chi connectivity index (χ1) is 9.95. The molecule has 0 amide bonds. The number of hydrogen-bond donors (Lipinski definition) is 2. The number of rotatable bonds is 5. The average molecular weight is 312 g/mol. The Kier molecular flexibility index (Phi) is 5.08. The van der Waals surface area contributed by atoms with Gasteiger partial charge in [0.25, 0.3) is 0 Å². The van der Waals surface area contributed by atoms with Crippen LogP contribution in [0.3, 0.4) is 0 Å². The quantitative estimate of drug-likeness (QED) is 0.857. The Hall–Kier alpha value is -1.31. The van der Waals surface area contributed by atoms with Gasteiger partial charge >= 0.3 is 10.2 Å². The summed E-state index contributed by atoms with van der Waals surface area (Å²) in [4.78, 5) is 1.88. The fraction of sp³-hybridized carbons (Fsp3) is 0.571. The predicted octanol–water partition coefficient (Wildman–Crippen LogP) is 1.22. The molecule has 0 aliphatic carbocycles. The van der Waals surface area contributed by atoms with Crippen molar-refractivity contribution in [1.82, 2.24) is 4.31 Å². The molecule has 1 saturated heterocycles. The summed E-state index contributed by atoms with van der Waals surface area (Å²) >= 11 is 0. The van der Waals surface area contributed by atoms with Crippen molar-refractivity contribution in [2.24, 2.45) is 5.73 Å². The van der Waals surface area contributed by atoms with Crippen molar-refractivity contribution in [1.29, 1.82) is 0 Å². The van der Waals surface area contributed by atoms with Crippen LogP contribution in [-0.4, -0.2) is 45.9 Å². The highest BCUT2D eigenvalue weighted by Crippen LogP contribution is 2.27. The molecule has 0 radical (unpaired) electrons. The molecule has 1 atom stereocenters. The van der Waals surface area contributed by atoms with E-state index in [1.165, 1.54) is 4.31 Å². The molecule has 3 N–H and O–H groups in total. The van der Waals surface area contributed by atoms with Gasteiger partial charge in [-0.15, -0.1) is 0 Å². The summed E-state index contributed by atoms with van der Waals surface area (Å²) < 4.78 is 29.5. The first kappa shape index (κ1) is 16.1. The van der Waals surface area contributed by atoms with Crippen LogP contribution in [-0.2, 0) is 10.2 Å². The maximum atomic E-state index is 12.6. The second-order valence-electron chi connectivity index (χ2n) is 5.51. The number of nitrogens with zero attached hydrogens (tertiary/aromatic N) is 2. The molecule has 0 saturated carbocycles. The summed E-state index contributed by atoms with van der Waals surface area (Å²) in [5.41, 5.74) is 7.14. The van der Waals surface area contributed by atoms with E-state index in [-0.39, 0.29) is 6.04 Å². The third-order valence-electron chi connectivity index (χ3n) is 3.78. The van der Waals surface area contributed by atoms with Crippen molar-refractivity contribution >= 4 is 21.6 Å². The van der Waals surface area contributed by atoms with Crippen LogP contribution in [0.4, 0.5) is 11.4 Å². The zero-order chi connectivity index (χ0) is 15.5. The minimum absolute atomic E-state index is 0.109. The van der Waals surface area contributed by atoms with Crippen molar-refractivity contribution in [2.45, 2.75) is 25.3 Å². The van der Waals surface area contributed by atoms with Crippen LogP contribution in [0.1, 0.15) is 19.3 Å². The van der Waals surface area contributed by atoms with Crippen LogP contribution in [0.2, 0.25) is 0 Å². The number of piperidine rings is 1. The van der Waals surface area contributed by atoms with Gasteiger partial charge in [0.15, 0.2) is 0 Å². The van der Waals surface area contributed by atoms with E-state index in [1.54, 1.807) is 6.07 Å². The largest absolute Gasteiger partial charge is 0.376 e. The Morgan fingerprint density at radius 2 is 2.05 bits per heavy atom. The summed E-state index contributed by atoms with van der Waals surface area (Å²) in [6.45, 7) is 0.886. The summed E-state index contributed by atoms with van der Waals surface area (Å²) in [7, 11) is 0.194. The predicted molar refractivity (Wildman–Crippen MR) is 86.7 cm³/mol. The van der Waals surface area contributed by atoms with Gasteiger partial charge in [-0.3, -0.25) is 4.72 Å². The molecule has 21 heavy (non-hydrogen) atoms. The second-order valence-corrected chi connectivity index (χ2v) is 7.14. The number of para-hydroxylation sites is 2. The van der Waals surface area contributed by atoms with Crippen molar-refractivity contribution in [3.8, 4) is 0 Å². The molecular formula is C14H24N4O2S. The van der Waals surface area contributed by atoms with Crippen LogP contribution in [0, 0.1) is 0 Å². The maximum Gasteiger partial charge on any atom is 0.301 e. The monoisotopic (exact) mass is 312 g/mol. The molecule has 0 spiro atoms. The summed E-state index contributed by atoms with van der Waals surface area (Å²) in [6, 6.07) is 7.25. The van der Waals surface area contributed by atoms with Crippen molar-refractivity contribution < 1.29 is 8.42 Å². The van der Waals surface area contributed by atoms with E-state index >= 15 is 0 Å². The summed E-state index contributed by atoms with van der Waals surface area (Å²) in [5.74, 6) is 0. The third-order valence-corrected chi connectivity index (χ3v) is 5.35.